The molecule has 0 saturated heterocycles. The molecule has 0 atom stereocenters. The lowest BCUT2D eigenvalue weighted by Crippen LogP contribution is -2.33. The Kier molecular flexibility index (Phi) is 5.09. The van der Waals surface area contributed by atoms with Crippen LogP contribution in [0.5, 0.6) is 0 Å². The topological polar surface area (TPSA) is 106 Å². The first-order valence-electron chi connectivity index (χ1n) is 7.91. The molecule has 0 aliphatic carbocycles. The Morgan fingerprint density at radius 2 is 2.04 bits per heavy atom. The maximum atomic E-state index is 7.86. The third kappa shape index (κ3) is 3.94. The van der Waals surface area contributed by atoms with Crippen LogP contribution < -0.4 is 11.2 Å². The number of hydrogen-bond donors (Lipinski definition) is 2. The van der Waals surface area contributed by atoms with Gasteiger partial charge in [0.15, 0.2) is 0 Å². The molecule has 3 N–H and O–H groups in total. The van der Waals surface area contributed by atoms with E-state index in [0.29, 0.717) is 6.54 Å². The van der Waals surface area contributed by atoms with Crippen molar-refractivity contribution in [3.63, 3.8) is 0 Å². The Morgan fingerprint density at radius 1 is 1.23 bits per heavy atom. The number of aryl methyl sites for hydroxylation is 2. The van der Waals surface area contributed by atoms with Crippen LogP contribution in [0.2, 0.25) is 5.15 Å². The Hall–Kier alpha value is -3.06. The zero-order chi connectivity index (χ0) is 18.7. The fourth-order valence-electron chi connectivity index (χ4n) is 2.54. The summed E-state index contributed by atoms with van der Waals surface area (Å²) in [5.41, 5.74) is 10.9. The molecule has 0 aliphatic rings. The highest BCUT2D eigenvalue weighted by atomic mass is 35.5. The van der Waals surface area contributed by atoms with Gasteiger partial charge in [0.25, 0.3) is 0 Å². The van der Waals surface area contributed by atoms with Crippen LogP contribution >= 0.6 is 11.6 Å². The summed E-state index contributed by atoms with van der Waals surface area (Å²) in [6.07, 6.45) is 4.93. The Labute approximate surface area is 155 Å². The standard InChI is InChI=1S/C18H18ClN7/c1-11-5-13(8-23-17(11)14-3-4-22-12(2)6-14)9-24-18(21)26-10-25-15(19)7-16(26)20/h3-8,10,20H,9H2,1-2H3,(H2,21,24). The average molecular weight is 368 g/mol. The highest BCUT2D eigenvalue weighted by Crippen LogP contribution is 2.22. The molecular formula is C18H18ClN7. The van der Waals surface area contributed by atoms with E-state index in [4.69, 9.17) is 22.7 Å². The van der Waals surface area contributed by atoms with Crippen molar-refractivity contribution in [3.8, 4) is 11.3 Å². The SMILES string of the molecule is Cc1cc(-c2ncc(CN=C(N)n3cnc(Cl)cc3=N)cc2C)ccn1. The van der Waals surface area contributed by atoms with Gasteiger partial charge in [-0.1, -0.05) is 17.7 Å². The zero-order valence-corrected chi connectivity index (χ0v) is 15.2. The molecule has 0 bridgehead atoms. The van der Waals surface area contributed by atoms with E-state index in [-0.39, 0.29) is 16.6 Å². The van der Waals surface area contributed by atoms with Gasteiger partial charge in [0.05, 0.1) is 12.2 Å². The predicted octanol–water partition coefficient (Wildman–Crippen LogP) is 2.45. The normalized spacial score (nSPS) is 11.6. The van der Waals surface area contributed by atoms with Gasteiger partial charge in [-0.05, 0) is 37.1 Å². The van der Waals surface area contributed by atoms with Gasteiger partial charge in [-0.15, -0.1) is 0 Å². The number of nitrogens with zero attached hydrogens (tertiary/aromatic N) is 5. The van der Waals surface area contributed by atoms with E-state index < -0.39 is 0 Å². The van der Waals surface area contributed by atoms with Crippen LogP contribution in [-0.2, 0) is 6.54 Å². The molecule has 0 fully saturated rings. The lowest BCUT2D eigenvalue weighted by molar-refractivity contribution is 0.895. The number of rotatable bonds is 3. The molecule has 0 unspecified atom stereocenters. The van der Waals surface area contributed by atoms with E-state index in [2.05, 4.69) is 19.9 Å². The van der Waals surface area contributed by atoms with E-state index in [1.54, 1.807) is 12.4 Å². The minimum absolute atomic E-state index is 0.115. The van der Waals surface area contributed by atoms with E-state index in [0.717, 1.165) is 28.1 Å². The van der Waals surface area contributed by atoms with Crippen molar-refractivity contribution in [2.24, 2.45) is 10.7 Å². The lowest BCUT2D eigenvalue weighted by atomic mass is 10.1. The Balaban J connectivity index is 1.82. The lowest BCUT2D eigenvalue weighted by Gasteiger charge is -2.08. The minimum Gasteiger partial charge on any atom is -0.369 e. The average Bonchev–Trinajstić information content (AvgIpc) is 2.59. The number of aromatic nitrogens is 4. The highest BCUT2D eigenvalue weighted by molar-refractivity contribution is 6.29. The second-order valence-corrected chi connectivity index (χ2v) is 6.22. The molecule has 3 aromatic heterocycles. The minimum atomic E-state index is 0.115. The molecule has 3 aromatic rings. The molecular weight excluding hydrogens is 350 g/mol. The summed E-state index contributed by atoms with van der Waals surface area (Å²) in [6, 6.07) is 7.38. The van der Waals surface area contributed by atoms with Crippen molar-refractivity contribution in [1.82, 2.24) is 19.5 Å². The van der Waals surface area contributed by atoms with E-state index in [1.807, 2.05) is 32.0 Å². The van der Waals surface area contributed by atoms with Gasteiger partial charge in [0.2, 0.25) is 5.96 Å². The van der Waals surface area contributed by atoms with E-state index in [1.165, 1.54) is 17.0 Å². The third-order valence-electron chi connectivity index (χ3n) is 3.79. The molecule has 0 aliphatic heterocycles. The van der Waals surface area contributed by atoms with Crippen molar-refractivity contribution in [2.45, 2.75) is 20.4 Å². The van der Waals surface area contributed by atoms with E-state index >= 15 is 0 Å². The molecule has 7 nitrogen and oxygen atoms in total. The van der Waals surface area contributed by atoms with Crippen molar-refractivity contribution in [2.75, 3.05) is 0 Å². The summed E-state index contributed by atoms with van der Waals surface area (Å²) in [5.74, 6) is 0.172. The Morgan fingerprint density at radius 3 is 2.73 bits per heavy atom. The fourth-order valence-corrected chi connectivity index (χ4v) is 2.69. The zero-order valence-electron chi connectivity index (χ0n) is 14.4. The smallest absolute Gasteiger partial charge is 0.202 e. The van der Waals surface area contributed by atoms with Crippen LogP contribution in [0.4, 0.5) is 0 Å². The molecule has 0 spiro atoms. The summed E-state index contributed by atoms with van der Waals surface area (Å²) in [7, 11) is 0. The first kappa shape index (κ1) is 17.8. The molecule has 0 saturated carbocycles. The maximum Gasteiger partial charge on any atom is 0.202 e. The van der Waals surface area contributed by atoms with Crippen molar-refractivity contribution < 1.29 is 0 Å². The van der Waals surface area contributed by atoms with Gasteiger partial charge >= 0.3 is 0 Å². The molecule has 3 rings (SSSR count). The van der Waals surface area contributed by atoms with Gasteiger partial charge in [-0.3, -0.25) is 19.9 Å². The van der Waals surface area contributed by atoms with Gasteiger partial charge in [-0.2, -0.15) is 0 Å². The quantitative estimate of drug-likeness (QED) is 0.421. The number of aliphatic imine (C=N–C) groups is 1. The first-order chi connectivity index (χ1) is 12.4. The number of nitrogens with one attached hydrogen (secondary N) is 1. The van der Waals surface area contributed by atoms with Crippen molar-refractivity contribution >= 4 is 17.6 Å². The first-order valence-corrected chi connectivity index (χ1v) is 8.29. The number of nitrogens with two attached hydrogens (primary N) is 1. The van der Waals surface area contributed by atoms with E-state index in [9.17, 15) is 0 Å². The molecule has 8 heteroatoms. The second kappa shape index (κ2) is 7.45. The van der Waals surface area contributed by atoms with Crippen molar-refractivity contribution in [1.29, 1.82) is 5.41 Å². The predicted molar refractivity (Wildman–Crippen MR) is 101 cm³/mol. The maximum absolute atomic E-state index is 7.86. The number of halogens is 1. The number of hydrogen-bond acceptors (Lipinski definition) is 5. The summed E-state index contributed by atoms with van der Waals surface area (Å²) in [4.78, 5) is 17.0. The molecule has 132 valence electrons. The molecule has 0 amide bonds. The van der Waals surface area contributed by atoms with Gasteiger partial charge in [0, 0.05) is 29.7 Å². The van der Waals surface area contributed by atoms with Gasteiger partial charge in [0.1, 0.15) is 17.0 Å². The monoisotopic (exact) mass is 367 g/mol. The molecule has 0 aromatic carbocycles. The van der Waals surface area contributed by atoms with Crippen LogP contribution in [0.3, 0.4) is 0 Å². The van der Waals surface area contributed by atoms with Crippen LogP contribution in [0.25, 0.3) is 11.3 Å². The van der Waals surface area contributed by atoms with Crippen LogP contribution in [0, 0.1) is 19.3 Å². The summed E-state index contributed by atoms with van der Waals surface area (Å²) in [6.45, 7) is 4.31. The second-order valence-electron chi connectivity index (χ2n) is 5.84. The third-order valence-corrected chi connectivity index (χ3v) is 3.99. The highest BCUT2D eigenvalue weighted by Gasteiger charge is 2.06. The molecule has 3 heterocycles. The summed E-state index contributed by atoms with van der Waals surface area (Å²) < 4.78 is 1.36. The van der Waals surface area contributed by atoms with Gasteiger partial charge < -0.3 is 5.73 Å². The number of pyridine rings is 2. The van der Waals surface area contributed by atoms with Crippen molar-refractivity contribution in [3.05, 3.63) is 70.4 Å². The fraction of sp³-hybridized carbons (Fsp3) is 0.167. The van der Waals surface area contributed by atoms with Crippen LogP contribution in [0.15, 0.2) is 48.0 Å². The van der Waals surface area contributed by atoms with Crippen LogP contribution in [0.1, 0.15) is 16.8 Å². The summed E-state index contributed by atoms with van der Waals surface area (Å²) >= 11 is 5.75. The summed E-state index contributed by atoms with van der Waals surface area (Å²) in [5, 5.41) is 8.10. The van der Waals surface area contributed by atoms with Gasteiger partial charge in [-0.25, -0.2) is 9.98 Å². The molecule has 0 radical (unpaired) electrons. The largest absolute Gasteiger partial charge is 0.369 e. The molecule has 26 heavy (non-hydrogen) atoms. The Bertz CT molecular complexity index is 1040. The van der Waals surface area contributed by atoms with Crippen LogP contribution in [-0.4, -0.2) is 25.5 Å².